The summed E-state index contributed by atoms with van der Waals surface area (Å²) in [5.74, 6) is -0.0587. The van der Waals surface area contributed by atoms with E-state index in [1.807, 2.05) is 0 Å². The largest absolute Gasteiger partial charge is 0.394 e. The number of nitrogen functional groups attached to an aromatic ring is 1. The Morgan fingerprint density at radius 2 is 1.53 bits per heavy atom. The zero-order valence-corrected chi connectivity index (χ0v) is 26.8. The minimum absolute atomic E-state index is 0.0587. The third-order valence-electron chi connectivity index (χ3n) is 7.07. The Morgan fingerprint density at radius 1 is 0.930 bits per heavy atom. The van der Waals surface area contributed by atoms with Crippen molar-refractivity contribution in [1.82, 2.24) is 19.5 Å². The molecular weight excluding hydrogens is 577 g/mol. The summed E-state index contributed by atoms with van der Waals surface area (Å²) in [4.78, 5) is 32.2. The first-order chi connectivity index (χ1) is 20.9. The summed E-state index contributed by atoms with van der Waals surface area (Å²) in [6.07, 6.45) is 19.0. The van der Waals surface area contributed by atoms with Crippen molar-refractivity contribution in [2.75, 3.05) is 45.1 Å². The second-order valence-electron chi connectivity index (χ2n) is 11.0. The Morgan fingerprint density at radius 3 is 2.16 bits per heavy atom. The number of H-pyrrole nitrogens is 1. The summed E-state index contributed by atoms with van der Waals surface area (Å²) in [5, 5.41) is 9.57. The van der Waals surface area contributed by atoms with Gasteiger partial charge in [-0.1, -0.05) is 90.4 Å². The van der Waals surface area contributed by atoms with Crippen LogP contribution in [0.15, 0.2) is 11.1 Å². The molecule has 43 heavy (non-hydrogen) atoms. The molecule has 0 aromatic carbocycles. The third kappa shape index (κ3) is 16.7. The van der Waals surface area contributed by atoms with Crippen LogP contribution in [0.5, 0.6) is 0 Å². The van der Waals surface area contributed by atoms with Gasteiger partial charge in [-0.15, -0.1) is 0 Å². The molecule has 0 bridgehead atoms. The van der Waals surface area contributed by atoms with E-state index in [0.29, 0.717) is 19.6 Å². The number of unbranched alkanes of at least 4 members (excludes halogenated alkanes) is 13. The van der Waals surface area contributed by atoms with Crippen LogP contribution in [0.3, 0.4) is 0 Å². The number of fused-ring (bicyclic) bond motifs is 1. The van der Waals surface area contributed by atoms with Crippen molar-refractivity contribution >= 4 is 24.7 Å². The number of rotatable bonds is 28. The summed E-state index contributed by atoms with van der Waals surface area (Å²) in [5.41, 5.74) is 5.44. The molecule has 5 N–H and O–H groups in total. The number of aliphatic hydroxyl groups excluding tert-OH is 1. The summed E-state index contributed by atoms with van der Waals surface area (Å²) < 4.78 is 35.2. The molecule has 248 valence electrons. The van der Waals surface area contributed by atoms with Gasteiger partial charge in [-0.25, -0.2) is 4.98 Å². The second-order valence-corrected chi connectivity index (χ2v) is 12.8. The fourth-order valence-corrected chi connectivity index (χ4v) is 5.44. The van der Waals surface area contributed by atoms with Gasteiger partial charge in [0.2, 0.25) is 5.95 Å². The van der Waals surface area contributed by atoms with Crippen LogP contribution >= 0.6 is 7.60 Å². The molecule has 13 nitrogen and oxygen atoms in total. The number of hydrogen-bond donors (Lipinski definition) is 4. The first-order valence-electron chi connectivity index (χ1n) is 15.9. The third-order valence-corrected chi connectivity index (χ3v) is 8.17. The SMILES string of the molecule is CCCCCCCCCCCCCCCCOCCCOP(=O)(O)COCC(CO)OCn1cnc2c(=O)[nH]c(N)nc21. The molecule has 0 saturated heterocycles. The van der Waals surface area contributed by atoms with Crippen molar-refractivity contribution in [3.05, 3.63) is 16.7 Å². The van der Waals surface area contributed by atoms with Crippen molar-refractivity contribution in [2.45, 2.75) is 116 Å². The van der Waals surface area contributed by atoms with Gasteiger partial charge in [0.05, 0.1) is 26.1 Å². The summed E-state index contributed by atoms with van der Waals surface area (Å²) in [6.45, 7) is 2.87. The quantitative estimate of drug-likeness (QED) is 0.0723. The van der Waals surface area contributed by atoms with Gasteiger partial charge in [0.15, 0.2) is 11.2 Å². The number of nitrogens with two attached hydrogens (primary N) is 1. The molecule has 0 aliphatic heterocycles. The Kier molecular flexibility index (Phi) is 19.6. The van der Waals surface area contributed by atoms with Crippen molar-refractivity contribution in [1.29, 1.82) is 0 Å². The molecule has 0 fully saturated rings. The maximum absolute atomic E-state index is 12.2. The molecule has 0 saturated carbocycles. The fraction of sp³-hybridized carbons (Fsp3) is 0.828. The zero-order valence-electron chi connectivity index (χ0n) is 25.9. The molecule has 0 aliphatic carbocycles. The van der Waals surface area contributed by atoms with Crippen LogP contribution < -0.4 is 11.3 Å². The first kappa shape index (κ1) is 37.3. The molecule has 2 aromatic rings. The molecule has 14 heteroatoms. The standard InChI is InChI=1S/C29H54N5O8P/c1-2-3-4-5-6-7-8-9-10-11-12-13-14-15-17-39-18-16-19-42-43(37,38)24-40-21-25(20-35)41-23-34-22-31-26-27(34)32-29(30)33-28(26)36/h22,25,35H,2-21,23-24H2,1H3,(H,37,38)(H3,30,32,33,36). The molecule has 0 aliphatic rings. The lowest BCUT2D eigenvalue weighted by molar-refractivity contribution is -0.0620. The van der Waals surface area contributed by atoms with E-state index in [4.69, 9.17) is 24.5 Å². The molecule has 2 atom stereocenters. The monoisotopic (exact) mass is 631 g/mol. The summed E-state index contributed by atoms with van der Waals surface area (Å²) in [6, 6.07) is 0. The van der Waals surface area contributed by atoms with Gasteiger partial charge in [-0.3, -0.25) is 18.9 Å². The van der Waals surface area contributed by atoms with E-state index in [9.17, 15) is 19.4 Å². The van der Waals surface area contributed by atoms with Gasteiger partial charge >= 0.3 is 7.60 Å². The number of imidazole rings is 1. The average Bonchev–Trinajstić information content (AvgIpc) is 3.39. The molecule has 2 unspecified atom stereocenters. The highest BCUT2D eigenvalue weighted by Crippen LogP contribution is 2.41. The summed E-state index contributed by atoms with van der Waals surface area (Å²) >= 11 is 0. The van der Waals surface area contributed by atoms with Crippen LogP contribution in [-0.2, 0) is 30.0 Å². The van der Waals surface area contributed by atoms with Gasteiger partial charge in [-0.05, 0) is 12.8 Å². The predicted molar refractivity (Wildman–Crippen MR) is 167 cm³/mol. The number of anilines is 1. The maximum atomic E-state index is 12.2. The average molecular weight is 632 g/mol. The zero-order chi connectivity index (χ0) is 31.2. The molecule has 2 heterocycles. The number of aromatic amines is 1. The van der Waals surface area contributed by atoms with Crippen molar-refractivity contribution < 1.29 is 33.3 Å². The lowest BCUT2D eigenvalue weighted by atomic mass is 10.0. The lowest BCUT2D eigenvalue weighted by Gasteiger charge is -2.18. The minimum Gasteiger partial charge on any atom is -0.394 e. The maximum Gasteiger partial charge on any atom is 0.353 e. The number of ether oxygens (including phenoxy) is 3. The van der Waals surface area contributed by atoms with Gasteiger partial charge < -0.3 is 34.5 Å². The van der Waals surface area contributed by atoms with Gasteiger partial charge in [0.25, 0.3) is 5.56 Å². The van der Waals surface area contributed by atoms with E-state index in [1.54, 1.807) is 0 Å². The number of aliphatic hydroxyl groups is 1. The molecular formula is C29H54N5O8P. The Hall–Kier alpha value is -1.86. The van der Waals surface area contributed by atoms with Crippen molar-refractivity contribution in [3.63, 3.8) is 0 Å². The van der Waals surface area contributed by atoms with E-state index in [1.165, 1.54) is 94.4 Å². The van der Waals surface area contributed by atoms with Gasteiger partial charge in [0, 0.05) is 13.2 Å². The molecule has 2 aromatic heterocycles. The van der Waals surface area contributed by atoms with E-state index < -0.39 is 32.2 Å². The number of nitrogens with one attached hydrogen (secondary N) is 1. The topological polar surface area (TPSA) is 184 Å². The minimum atomic E-state index is -3.95. The molecule has 0 amide bonds. The van der Waals surface area contributed by atoms with Crippen molar-refractivity contribution in [2.24, 2.45) is 0 Å². The van der Waals surface area contributed by atoms with Crippen LogP contribution in [0.25, 0.3) is 11.2 Å². The number of nitrogens with zero attached hydrogens (tertiary/aromatic N) is 3. The molecule has 0 radical (unpaired) electrons. The van der Waals surface area contributed by atoms with E-state index >= 15 is 0 Å². The first-order valence-corrected chi connectivity index (χ1v) is 17.7. The van der Waals surface area contributed by atoms with Crippen LogP contribution in [-0.4, -0.2) is 75.0 Å². The fourth-order valence-electron chi connectivity index (χ4n) is 4.61. The molecule has 0 spiro atoms. The highest BCUT2D eigenvalue weighted by molar-refractivity contribution is 7.52. The number of aromatic nitrogens is 4. The van der Waals surface area contributed by atoms with E-state index in [0.717, 1.165) is 6.42 Å². The highest BCUT2D eigenvalue weighted by Gasteiger charge is 2.21. The lowest BCUT2D eigenvalue weighted by Crippen LogP contribution is -2.25. The molecule has 2 rings (SSSR count). The smallest absolute Gasteiger partial charge is 0.353 e. The van der Waals surface area contributed by atoms with Crippen LogP contribution in [0.1, 0.15) is 103 Å². The number of hydrogen-bond acceptors (Lipinski definition) is 10. The Balaban J connectivity index is 1.41. The normalized spacial score (nSPS) is 13.9. The van der Waals surface area contributed by atoms with Crippen LogP contribution in [0.2, 0.25) is 0 Å². The second kappa shape index (κ2) is 22.6. The van der Waals surface area contributed by atoms with Crippen LogP contribution in [0.4, 0.5) is 5.95 Å². The Bertz CT molecular complexity index is 1100. The van der Waals surface area contributed by atoms with E-state index in [2.05, 4.69) is 21.9 Å². The van der Waals surface area contributed by atoms with Crippen molar-refractivity contribution in [3.8, 4) is 0 Å². The van der Waals surface area contributed by atoms with E-state index in [-0.39, 0.29) is 37.1 Å². The van der Waals surface area contributed by atoms with Gasteiger partial charge in [-0.2, -0.15) is 4.98 Å². The van der Waals surface area contributed by atoms with Gasteiger partial charge in [0.1, 0.15) is 19.2 Å². The highest BCUT2D eigenvalue weighted by atomic mass is 31.2. The predicted octanol–water partition coefficient (Wildman–Crippen LogP) is 5.10. The Labute approximate surface area is 255 Å². The van der Waals surface area contributed by atoms with Crippen LogP contribution in [0, 0.1) is 0 Å². The summed E-state index contributed by atoms with van der Waals surface area (Å²) in [7, 11) is -3.95.